The number of likely N-dealkylation sites (N-methyl/N-ethyl adjacent to an activating group) is 1. The monoisotopic (exact) mass is 350 g/mol. The topological polar surface area (TPSA) is 55.9 Å². The first-order valence-electron chi connectivity index (χ1n) is 8.50. The first-order chi connectivity index (χ1) is 11.5. The molecular formula is C17H26N4O2S. The lowest BCUT2D eigenvalue weighted by molar-refractivity contribution is -0.129. The van der Waals surface area contributed by atoms with Gasteiger partial charge in [-0.2, -0.15) is 0 Å². The summed E-state index contributed by atoms with van der Waals surface area (Å²) in [5, 5.41) is 5.05. The molecule has 2 fully saturated rings. The zero-order chi connectivity index (χ0) is 17.2. The molecule has 2 aliphatic rings. The lowest BCUT2D eigenvalue weighted by Gasteiger charge is -2.49. The molecule has 3 heterocycles. The molecule has 3 amide bonds. The van der Waals surface area contributed by atoms with Crippen molar-refractivity contribution in [3.05, 3.63) is 22.4 Å². The molecule has 132 valence electrons. The number of rotatable bonds is 2. The number of likely N-dealkylation sites (tertiary alicyclic amines) is 1. The summed E-state index contributed by atoms with van der Waals surface area (Å²) in [6.45, 7) is 3.62. The van der Waals surface area contributed by atoms with E-state index in [4.69, 9.17) is 0 Å². The van der Waals surface area contributed by atoms with Crippen LogP contribution in [0.25, 0.3) is 0 Å². The summed E-state index contributed by atoms with van der Waals surface area (Å²) >= 11 is 1.65. The van der Waals surface area contributed by atoms with Crippen molar-refractivity contribution in [2.75, 3.05) is 40.3 Å². The van der Waals surface area contributed by atoms with E-state index < -0.39 is 0 Å². The highest BCUT2D eigenvalue weighted by molar-refractivity contribution is 7.09. The van der Waals surface area contributed by atoms with Crippen LogP contribution in [0.3, 0.4) is 0 Å². The van der Waals surface area contributed by atoms with Gasteiger partial charge in [-0.3, -0.25) is 9.69 Å². The Bertz CT molecular complexity index is 591. The number of hydrogen-bond donors (Lipinski definition) is 1. The molecular weight excluding hydrogens is 324 g/mol. The minimum Gasteiger partial charge on any atom is -0.346 e. The summed E-state index contributed by atoms with van der Waals surface area (Å²) in [5.41, 5.74) is -0.0844. The second-order valence-electron chi connectivity index (χ2n) is 6.87. The van der Waals surface area contributed by atoms with Crippen molar-refractivity contribution in [2.24, 2.45) is 0 Å². The molecule has 1 aromatic rings. The SMILES string of the molecule is CN1CCC2(CCC1=O)CN(C(=O)NCc1cccs1)CCN2C. The van der Waals surface area contributed by atoms with Crippen LogP contribution in [-0.4, -0.2) is 72.5 Å². The fraction of sp³-hybridized carbons (Fsp3) is 0.647. The third-order valence-corrected chi connectivity index (χ3v) is 6.30. The normalized spacial score (nSPS) is 25.8. The molecule has 0 radical (unpaired) electrons. The van der Waals surface area contributed by atoms with Crippen molar-refractivity contribution < 1.29 is 9.59 Å². The lowest BCUT2D eigenvalue weighted by Crippen LogP contribution is -2.63. The van der Waals surface area contributed by atoms with Gasteiger partial charge in [-0.05, 0) is 31.3 Å². The van der Waals surface area contributed by atoms with E-state index in [1.165, 1.54) is 0 Å². The molecule has 0 saturated carbocycles. The van der Waals surface area contributed by atoms with Crippen molar-refractivity contribution >= 4 is 23.3 Å². The highest BCUT2D eigenvalue weighted by Crippen LogP contribution is 2.31. The van der Waals surface area contributed by atoms with Gasteiger partial charge in [-0.15, -0.1) is 11.3 Å². The van der Waals surface area contributed by atoms with Gasteiger partial charge in [0.15, 0.2) is 0 Å². The van der Waals surface area contributed by atoms with Crippen LogP contribution in [0.15, 0.2) is 17.5 Å². The minimum absolute atomic E-state index is 0.000182. The van der Waals surface area contributed by atoms with Gasteiger partial charge in [0, 0.05) is 50.1 Å². The van der Waals surface area contributed by atoms with Gasteiger partial charge >= 0.3 is 6.03 Å². The number of piperazine rings is 1. The summed E-state index contributed by atoms with van der Waals surface area (Å²) in [5.74, 6) is 0.208. The van der Waals surface area contributed by atoms with Gasteiger partial charge in [0.1, 0.15) is 0 Å². The van der Waals surface area contributed by atoms with E-state index in [9.17, 15) is 9.59 Å². The first-order valence-corrected chi connectivity index (χ1v) is 9.38. The Morgan fingerprint density at radius 1 is 1.29 bits per heavy atom. The predicted octanol–water partition coefficient (Wildman–Crippen LogP) is 1.59. The zero-order valence-corrected chi connectivity index (χ0v) is 15.3. The van der Waals surface area contributed by atoms with Crippen molar-refractivity contribution in [2.45, 2.75) is 31.3 Å². The fourth-order valence-electron chi connectivity index (χ4n) is 3.62. The van der Waals surface area contributed by atoms with Crippen LogP contribution < -0.4 is 5.32 Å². The molecule has 1 unspecified atom stereocenters. The van der Waals surface area contributed by atoms with Crippen molar-refractivity contribution in [3.63, 3.8) is 0 Å². The molecule has 1 atom stereocenters. The van der Waals surface area contributed by atoms with Gasteiger partial charge in [-0.25, -0.2) is 4.79 Å². The smallest absolute Gasteiger partial charge is 0.317 e. The maximum absolute atomic E-state index is 12.6. The van der Waals surface area contributed by atoms with Gasteiger partial charge < -0.3 is 15.1 Å². The van der Waals surface area contributed by atoms with Crippen LogP contribution in [0, 0.1) is 0 Å². The molecule has 3 rings (SSSR count). The molecule has 0 bridgehead atoms. The van der Waals surface area contributed by atoms with E-state index in [2.05, 4.69) is 17.3 Å². The molecule has 2 saturated heterocycles. The Morgan fingerprint density at radius 2 is 2.12 bits per heavy atom. The van der Waals surface area contributed by atoms with Gasteiger partial charge in [0.2, 0.25) is 5.91 Å². The number of urea groups is 1. The number of nitrogens with zero attached hydrogens (tertiary/aromatic N) is 3. The van der Waals surface area contributed by atoms with Crippen LogP contribution >= 0.6 is 11.3 Å². The molecule has 1 spiro atoms. The van der Waals surface area contributed by atoms with E-state index in [1.807, 2.05) is 34.4 Å². The summed E-state index contributed by atoms with van der Waals surface area (Å²) in [4.78, 5) is 31.8. The number of carbonyl (C=O) groups excluding carboxylic acids is 2. The molecule has 0 aliphatic carbocycles. The highest BCUT2D eigenvalue weighted by atomic mass is 32.1. The van der Waals surface area contributed by atoms with Crippen LogP contribution in [0.2, 0.25) is 0 Å². The Kier molecular flexibility index (Phi) is 5.10. The van der Waals surface area contributed by atoms with Gasteiger partial charge in [-0.1, -0.05) is 6.07 Å². The van der Waals surface area contributed by atoms with E-state index in [0.717, 1.165) is 37.4 Å². The molecule has 6 nitrogen and oxygen atoms in total. The molecule has 0 aromatic carbocycles. The molecule has 24 heavy (non-hydrogen) atoms. The number of carbonyl (C=O) groups is 2. The van der Waals surface area contributed by atoms with E-state index in [1.54, 1.807) is 11.3 Å². The van der Waals surface area contributed by atoms with E-state index >= 15 is 0 Å². The quantitative estimate of drug-likeness (QED) is 0.881. The number of amides is 3. The van der Waals surface area contributed by atoms with E-state index in [0.29, 0.717) is 19.5 Å². The number of thiophene rings is 1. The summed E-state index contributed by atoms with van der Waals surface area (Å²) < 4.78 is 0. The average Bonchev–Trinajstić information content (AvgIpc) is 3.06. The lowest BCUT2D eigenvalue weighted by atomic mass is 9.86. The third kappa shape index (κ3) is 3.57. The largest absolute Gasteiger partial charge is 0.346 e. The van der Waals surface area contributed by atoms with Crippen LogP contribution in [0.4, 0.5) is 4.79 Å². The summed E-state index contributed by atoms with van der Waals surface area (Å²) in [6, 6.07) is 4.03. The fourth-order valence-corrected chi connectivity index (χ4v) is 4.26. The van der Waals surface area contributed by atoms with Crippen LogP contribution in [0.1, 0.15) is 24.1 Å². The second-order valence-corrected chi connectivity index (χ2v) is 7.90. The highest BCUT2D eigenvalue weighted by Gasteiger charge is 2.42. The minimum atomic E-state index is -0.0844. The molecule has 1 aromatic heterocycles. The second kappa shape index (κ2) is 7.11. The van der Waals surface area contributed by atoms with Crippen LogP contribution in [-0.2, 0) is 11.3 Å². The maximum Gasteiger partial charge on any atom is 0.317 e. The maximum atomic E-state index is 12.6. The molecule has 2 aliphatic heterocycles. The summed E-state index contributed by atoms with van der Waals surface area (Å²) in [7, 11) is 3.99. The van der Waals surface area contributed by atoms with Crippen molar-refractivity contribution in [1.82, 2.24) is 20.0 Å². The Labute approximate surface area is 147 Å². The molecule has 1 N–H and O–H groups in total. The number of hydrogen-bond acceptors (Lipinski definition) is 4. The zero-order valence-electron chi connectivity index (χ0n) is 14.5. The summed E-state index contributed by atoms with van der Waals surface area (Å²) in [6.07, 6.45) is 2.30. The van der Waals surface area contributed by atoms with Gasteiger partial charge in [0.05, 0.1) is 6.54 Å². The predicted molar refractivity (Wildman–Crippen MR) is 95.0 cm³/mol. The Balaban J connectivity index is 1.64. The Hall–Kier alpha value is -1.60. The first kappa shape index (κ1) is 17.2. The Morgan fingerprint density at radius 3 is 2.88 bits per heavy atom. The van der Waals surface area contributed by atoms with E-state index in [-0.39, 0.29) is 17.5 Å². The average molecular weight is 350 g/mol. The standard InChI is InChI=1S/C17H26N4O2S/c1-19-8-7-17(6-5-15(19)22)13-21(10-9-20(17)2)16(23)18-12-14-4-3-11-24-14/h3-4,11H,5-10,12-13H2,1-2H3,(H,18,23). The van der Waals surface area contributed by atoms with Crippen LogP contribution in [0.5, 0.6) is 0 Å². The number of nitrogens with one attached hydrogen (secondary N) is 1. The van der Waals surface area contributed by atoms with Crippen molar-refractivity contribution in [3.8, 4) is 0 Å². The van der Waals surface area contributed by atoms with Crippen molar-refractivity contribution in [1.29, 1.82) is 0 Å². The molecule has 7 heteroatoms. The van der Waals surface area contributed by atoms with Gasteiger partial charge in [0.25, 0.3) is 0 Å². The third-order valence-electron chi connectivity index (χ3n) is 5.42.